The van der Waals surface area contributed by atoms with Gasteiger partial charge in [-0.15, -0.1) is 0 Å². The highest BCUT2D eigenvalue weighted by Crippen LogP contribution is 2.19. The van der Waals surface area contributed by atoms with E-state index < -0.39 is 0 Å². The molecule has 0 fully saturated rings. The number of benzene rings is 1. The van der Waals surface area contributed by atoms with E-state index in [0.717, 1.165) is 0 Å². The molecular formula is C18H26. The van der Waals surface area contributed by atoms with Crippen LogP contribution in [0.4, 0.5) is 0 Å². The Labute approximate surface area is 112 Å². The van der Waals surface area contributed by atoms with Crippen molar-refractivity contribution >= 4 is 11.1 Å². The van der Waals surface area contributed by atoms with Crippen molar-refractivity contribution < 1.29 is 0 Å². The van der Waals surface area contributed by atoms with Gasteiger partial charge in [-0.25, -0.2) is 0 Å². The average Bonchev–Trinajstić information content (AvgIpc) is 2.42. The highest BCUT2D eigenvalue weighted by Gasteiger charge is 1.97. The topological polar surface area (TPSA) is 0 Å². The minimum Gasteiger partial charge on any atom is -0.0841 e. The molecule has 0 heterocycles. The molecule has 0 spiro atoms. The van der Waals surface area contributed by atoms with Gasteiger partial charge in [0.1, 0.15) is 0 Å². The molecule has 1 rings (SSSR count). The zero-order valence-corrected chi connectivity index (χ0v) is 12.3. The van der Waals surface area contributed by atoms with Gasteiger partial charge in [0, 0.05) is 0 Å². The maximum absolute atomic E-state index is 2.37. The Kier molecular flexibility index (Phi) is 6.49. The number of allylic oxidation sites excluding steroid dienone is 4. The van der Waals surface area contributed by atoms with Crippen LogP contribution in [0.5, 0.6) is 0 Å². The predicted molar refractivity (Wildman–Crippen MR) is 83.6 cm³/mol. The third-order valence-corrected chi connectivity index (χ3v) is 3.49. The SMILES string of the molecule is C/C=C(\C)c1ccc(/C(C)=C/CCCCC)cc1. The smallest absolute Gasteiger partial charge is 0.0230 e. The first kappa shape index (κ1) is 14.8. The van der Waals surface area contributed by atoms with E-state index in [-0.39, 0.29) is 0 Å². The van der Waals surface area contributed by atoms with Crippen LogP contribution >= 0.6 is 0 Å². The Bertz CT molecular complexity index is 404. The highest BCUT2D eigenvalue weighted by atomic mass is 14.0. The van der Waals surface area contributed by atoms with Crippen LogP contribution in [-0.4, -0.2) is 0 Å². The van der Waals surface area contributed by atoms with Crippen LogP contribution in [0.3, 0.4) is 0 Å². The normalized spacial score (nSPS) is 12.9. The van der Waals surface area contributed by atoms with Crippen LogP contribution in [0.1, 0.15) is 64.5 Å². The lowest BCUT2D eigenvalue weighted by atomic mass is 10.0. The first-order valence-corrected chi connectivity index (χ1v) is 7.09. The van der Waals surface area contributed by atoms with Crippen molar-refractivity contribution in [1.29, 1.82) is 0 Å². The summed E-state index contributed by atoms with van der Waals surface area (Å²) in [7, 11) is 0. The lowest BCUT2D eigenvalue weighted by Gasteiger charge is -2.05. The van der Waals surface area contributed by atoms with Gasteiger partial charge in [-0.05, 0) is 55.9 Å². The fourth-order valence-electron chi connectivity index (χ4n) is 1.99. The second-order valence-corrected chi connectivity index (χ2v) is 4.93. The van der Waals surface area contributed by atoms with E-state index in [1.165, 1.54) is 48.0 Å². The van der Waals surface area contributed by atoms with Crippen molar-refractivity contribution in [3.05, 3.63) is 47.5 Å². The van der Waals surface area contributed by atoms with Crippen molar-refractivity contribution in [3.63, 3.8) is 0 Å². The van der Waals surface area contributed by atoms with Gasteiger partial charge < -0.3 is 0 Å². The maximum Gasteiger partial charge on any atom is -0.0230 e. The molecule has 0 radical (unpaired) electrons. The van der Waals surface area contributed by atoms with Gasteiger partial charge in [0.2, 0.25) is 0 Å². The summed E-state index contributed by atoms with van der Waals surface area (Å²) >= 11 is 0. The summed E-state index contributed by atoms with van der Waals surface area (Å²) in [5, 5.41) is 0. The Hall–Kier alpha value is -1.30. The van der Waals surface area contributed by atoms with Crippen molar-refractivity contribution in [1.82, 2.24) is 0 Å². The minimum absolute atomic E-state index is 1.20. The molecule has 18 heavy (non-hydrogen) atoms. The van der Waals surface area contributed by atoms with Crippen molar-refractivity contribution in [3.8, 4) is 0 Å². The Balaban J connectivity index is 2.67. The summed E-state index contributed by atoms with van der Waals surface area (Å²) < 4.78 is 0. The molecule has 0 aromatic heterocycles. The molecule has 0 aliphatic heterocycles. The van der Waals surface area contributed by atoms with Crippen molar-refractivity contribution in [2.45, 2.75) is 53.4 Å². The van der Waals surface area contributed by atoms with E-state index in [9.17, 15) is 0 Å². The second-order valence-electron chi connectivity index (χ2n) is 4.93. The molecule has 1 aromatic rings. The molecule has 0 nitrogen and oxygen atoms in total. The zero-order chi connectivity index (χ0) is 13.4. The molecule has 98 valence electrons. The molecule has 0 N–H and O–H groups in total. The summed E-state index contributed by atoms with van der Waals surface area (Å²) in [6, 6.07) is 8.89. The second kappa shape index (κ2) is 7.92. The van der Waals surface area contributed by atoms with Crippen LogP contribution in [0.15, 0.2) is 36.4 Å². The quantitative estimate of drug-likeness (QED) is 0.529. The molecule has 0 bridgehead atoms. The van der Waals surface area contributed by atoms with Crippen LogP contribution in [0.25, 0.3) is 11.1 Å². The number of hydrogen-bond donors (Lipinski definition) is 0. The van der Waals surface area contributed by atoms with E-state index in [4.69, 9.17) is 0 Å². The van der Waals surface area contributed by atoms with Gasteiger partial charge in [0.25, 0.3) is 0 Å². The van der Waals surface area contributed by atoms with Gasteiger partial charge in [-0.2, -0.15) is 0 Å². The van der Waals surface area contributed by atoms with Gasteiger partial charge in [-0.1, -0.05) is 56.2 Å². The molecule has 0 aliphatic rings. The van der Waals surface area contributed by atoms with Crippen LogP contribution < -0.4 is 0 Å². The van der Waals surface area contributed by atoms with Gasteiger partial charge in [0.05, 0.1) is 0 Å². The predicted octanol–water partition coefficient (Wildman–Crippen LogP) is 6.09. The Morgan fingerprint density at radius 2 is 1.50 bits per heavy atom. The number of hydrogen-bond acceptors (Lipinski definition) is 0. The molecule has 0 saturated heterocycles. The molecule has 1 aromatic carbocycles. The maximum atomic E-state index is 2.37. The largest absolute Gasteiger partial charge is 0.0841 e. The minimum atomic E-state index is 1.20. The van der Waals surface area contributed by atoms with Crippen LogP contribution in [-0.2, 0) is 0 Å². The number of unbranched alkanes of at least 4 members (excludes halogenated alkanes) is 3. The lowest BCUT2D eigenvalue weighted by Crippen LogP contribution is -1.83. The summed E-state index contributed by atoms with van der Waals surface area (Å²) in [5.74, 6) is 0. The standard InChI is InChI=1S/C18H26/c1-5-7-8-9-10-16(4)18-13-11-17(12-14-18)15(3)6-2/h6,10-14H,5,7-9H2,1-4H3/b15-6+,16-10+. The Morgan fingerprint density at radius 1 is 0.944 bits per heavy atom. The third kappa shape index (κ3) is 4.52. The zero-order valence-electron chi connectivity index (χ0n) is 12.3. The average molecular weight is 242 g/mol. The van der Waals surface area contributed by atoms with E-state index >= 15 is 0 Å². The van der Waals surface area contributed by atoms with E-state index in [2.05, 4.69) is 64.1 Å². The fraction of sp³-hybridized carbons (Fsp3) is 0.444. The molecule has 0 atom stereocenters. The van der Waals surface area contributed by atoms with Crippen molar-refractivity contribution in [2.24, 2.45) is 0 Å². The van der Waals surface area contributed by atoms with Gasteiger partial charge in [-0.3, -0.25) is 0 Å². The van der Waals surface area contributed by atoms with E-state index in [1.54, 1.807) is 0 Å². The molecule has 0 aliphatic carbocycles. The summed E-state index contributed by atoms with van der Waals surface area (Å²) in [4.78, 5) is 0. The molecule has 0 saturated carbocycles. The molecule has 0 amide bonds. The summed E-state index contributed by atoms with van der Waals surface area (Å²) in [6.07, 6.45) is 9.67. The first-order valence-electron chi connectivity index (χ1n) is 7.09. The molecule has 0 unspecified atom stereocenters. The molecular weight excluding hydrogens is 216 g/mol. The Morgan fingerprint density at radius 3 is 2.00 bits per heavy atom. The fourth-order valence-corrected chi connectivity index (χ4v) is 1.99. The monoisotopic (exact) mass is 242 g/mol. The number of rotatable bonds is 6. The third-order valence-electron chi connectivity index (χ3n) is 3.49. The summed E-state index contributed by atoms with van der Waals surface area (Å²) in [5.41, 5.74) is 5.40. The van der Waals surface area contributed by atoms with Gasteiger partial charge in [0.15, 0.2) is 0 Å². The first-order chi connectivity index (χ1) is 8.69. The van der Waals surface area contributed by atoms with Crippen LogP contribution in [0, 0.1) is 0 Å². The van der Waals surface area contributed by atoms with E-state index in [0.29, 0.717) is 0 Å². The lowest BCUT2D eigenvalue weighted by molar-refractivity contribution is 0.729. The van der Waals surface area contributed by atoms with Crippen LogP contribution in [0.2, 0.25) is 0 Å². The molecule has 0 heteroatoms. The van der Waals surface area contributed by atoms with E-state index in [1.807, 2.05) is 0 Å². The highest BCUT2D eigenvalue weighted by molar-refractivity contribution is 5.68. The summed E-state index contributed by atoms with van der Waals surface area (Å²) in [6.45, 7) is 8.70. The van der Waals surface area contributed by atoms with Crippen molar-refractivity contribution in [2.75, 3.05) is 0 Å². The van der Waals surface area contributed by atoms with Gasteiger partial charge >= 0.3 is 0 Å².